The molecule has 1 atom stereocenters. The number of nitrogens with one attached hydrogen (secondary N) is 1. The molecule has 1 amide bonds. The van der Waals surface area contributed by atoms with Gasteiger partial charge >= 0.3 is 0 Å². The molecule has 0 aromatic heterocycles. The van der Waals surface area contributed by atoms with Crippen molar-refractivity contribution in [2.24, 2.45) is 0 Å². The lowest BCUT2D eigenvalue weighted by molar-refractivity contribution is -0.121. The van der Waals surface area contributed by atoms with Crippen molar-refractivity contribution in [2.45, 2.75) is 39.7 Å². The average molecular weight is 339 g/mol. The van der Waals surface area contributed by atoms with E-state index >= 15 is 0 Å². The molecule has 2 rings (SSSR count). The number of rotatable bonds is 7. The smallest absolute Gasteiger partial charge is 0.220 e. The quantitative estimate of drug-likeness (QED) is 0.771. The molecule has 0 aliphatic heterocycles. The van der Waals surface area contributed by atoms with Crippen molar-refractivity contribution >= 4 is 11.7 Å². The van der Waals surface area contributed by atoms with Gasteiger partial charge in [-0.05, 0) is 26.8 Å². The highest BCUT2D eigenvalue weighted by atomic mass is 16.5. The van der Waals surface area contributed by atoms with E-state index in [4.69, 9.17) is 4.74 Å². The van der Waals surface area contributed by atoms with Crippen LogP contribution in [0.15, 0.2) is 42.5 Å². The second-order valence-corrected chi connectivity index (χ2v) is 6.32. The van der Waals surface area contributed by atoms with Crippen molar-refractivity contribution in [1.82, 2.24) is 5.32 Å². The molecule has 25 heavy (non-hydrogen) atoms. The Kier molecular flexibility index (Phi) is 6.34. The van der Waals surface area contributed by atoms with Crippen LogP contribution in [0.2, 0.25) is 0 Å². The zero-order chi connectivity index (χ0) is 18.4. The first-order valence-corrected chi connectivity index (χ1v) is 8.44. The summed E-state index contributed by atoms with van der Waals surface area (Å²) >= 11 is 0. The van der Waals surface area contributed by atoms with Gasteiger partial charge in [0.2, 0.25) is 5.91 Å². The molecule has 0 bridgehead atoms. The van der Waals surface area contributed by atoms with Gasteiger partial charge in [0, 0.05) is 24.0 Å². The van der Waals surface area contributed by atoms with Crippen LogP contribution in [0.1, 0.15) is 52.9 Å². The third kappa shape index (κ3) is 5.18. The maximum Gasteiger partial charge on any atom is 0.220 e. The van der Waals surface area contributed by atoms with E-state index < -0.39 is 0 Å². The first kappa shape index (κ1) is 18.7. The molecule has 0 spiro atoms. The molecule has 2 aromatic rings. The highest BCUT2D eigenvalue weighted by Gasteiger charge is 2.15. The number of carbonyl (C=O) groups excluding carboxylic acids is 2. The fourth-order valence-corrected chi connectivity index (χ4v) is 2.69. The maximum absolute atomic E-state index is 12.2. The van der Waals surface area contributed by atoms with E-state index in [1.165, 1.54) is 0 Å². The van der Waals surface area contributed by atoms with Gasteiger partial charge in [0.15, 0.2) is 5.78 Å². The molecule has 0 saturated heterocycles. The van der Waals surface area contributed by atoms with Gasteiger partial charge in [-0.1, -0.05) is 47.5 Å². The van der Waals surface area contributed by atoms with E-state index in [1.54, 1.807) is 19.2 Å². The number of hydrogen-bond donors (Lipinski definition) is 1. The van der Waals surface area contributed by atoms with Gasteiger partial charge in [0.1, 0.15) is 5.75 Å². The molecule has 0 heterocycles. The second kappa shape index (κ2) is 8.47. The van der Waals surface area contributed by atoms with Crippen LogP contribution in [0.3, 0.4) is 0 Å². The predicted molar refractivity (Wildman–Crippen MR) is 99.0 cm³/mol. The number of benzene rings is 2. The SMILES string of the molecule is COc1ccc(C)cc1C(C)NC(=O)CCC(=O)c1ccc(C)cc1. The van der Waals surface area contributed by atoms with Crippen LogP contribution in [-0.4, -0.2) is 18.8 Å². The lowest BCUT2D eigenvalue weighted by atomic mass is 10.0. The Morgan fingerprint density at radius 3 is 2.28 bits per heavy atom. The molecule has 0 aliphatic carbocycles. The van der Waals surface area contributed by atoms with E-state index in [2.05, 4.69) is 5.32 Å². The molecule has 2 aromatic carbocycles. The van der Waals surface area contributed by atoms with Crippen molar-refractivity contribution in [2.75, 3.05) is 7.11 Å². The highest BCUT2D eigenvalue weighted by molar-refractivity contribution is 5.98. The lowest BCUT2D eigenvalue weighted by Crippen LogP contribution is -2.27. The van der Waals surface area contributed by atoms with Crippen LogP contribution in [0, 0.1) is 13.8 Å². The zero-order valence-electron chi connectivity index (χ0n) is 15.3. The molecule has 0 fully saturated rings. The van der Waals surface area contributed by atoms with Gasteiger partial charge in [0.05, 0.1) is 13.2 Å². The zero-order valence-corrected chi connectivity index (χ0v) is 15.3. The fraction of sp³-hybridized carbons (Fsp3) is 0.333. The number of ether oxygens (including phenoxy) is 1. The molecular formula is C21H25NO3. The molecule has 1 N–H and O–H groups in total. The van der Waals surface area contributed by atoms with E-state index in [0.717, 1.165) is 22.4 Å². The minimum atomic E-state index is -0.183. The van der Waals surface area contributed by atoms with Crippen LogP contribution < -0.4 is 10.1 Å². The van der Waals surface area contributed by atoms with Crippen LogP contribution in [0.4, 0.5) is 0 Å². The molecule has 4 nitrogen and oxygen atoms in total. The predicted octanol–water partition coefficient (Wildman–Crippen LogP) is 4.15. The number of amides is 1. The fourth-order valence-electron chi connectivity index (χ4n) is 2.69. The first-order chi connectivity index (χ1) is 11.9. The van der Waals surface area contributed by atoms with Crippen LogP contribution >= 0.6 is 0 Å². The number of methoxy groups -OCH3 is 1. The summed E-state index contributed by atoms with van der Waals surface area (Å²) in [7, 11) is 1.61. The third-order valence-corrected chi connectivity index (χ3v) is 4.18. The molecule has 4 heteroatoms. The van der Waals surface area contributed by atoms with Crippen LogP contribution in [0.5, 0.6) is 5.75 Å². The summed E-state index contributed by atoms with van der Waals surface area (Å²) in [5.74, 6) is 0.585. The Bertz CT molecular complexity index is 750. The van der Waals surface area contributed by atoms with Gasteiger partial charge in [-0.25, -0.2) is 0 Å². The molecule has 0 radical (unpaired) electrons. The topological polar surface area (TPSA) is 55.4 Å². The average Bonchev–Trinajstić information content (AvgIpc) is 2.60. The van der Waals surface area contributed by atoms with E-state index in [-0.39, 0.29) is 30.6 Å². The third-order valence-electron chi connectivity index (χ3n) is 4.18. The summed E-state index contributed by atoms with van der Waals surface area (Å²) < 4.78 is 5.36. The van der Waals surface area contributed by atoms with E-state index in [1.807, 2.05) is 51.1 Å². The molecular weight excluding hydrogens is 314 g/mol. The largest absolute Gasteiger partial charge is 0.496 e. The van der Waals surface area contributed by atoms with Crippen molar-refractivity contribution in [3.63, 3.8) is 0 Å². The minimum Gasteiger partial charge on any atom is -0.496 e. The Morgan fingerprint density at radius 1 is 1.00 bits per heavy atom. The highest BCUT2D eigenvalue weighted by Crippen LogP contribution is 2.26. The lowest BCUT2D eigenvalue weighted by Gasteiger charge is -2.18. The van der Waals surface area contributed by atoms with Crippen molar-refractivity contribution < 1.29 is 14.3 Å². The van der Waals surface area contributed by atoms with Crippen molar-refractivity contribution in [3.8, 4) is 5.75 Å². The maximum atomic E-state index is 12.2. The van der Waals surface area contributed by atoms with Gasteiger partial charge < -0.3 is 10.1 Å². The number of hydrogen-bond acceptors (Lipinski definition) is 3. The summed E-state index contributed by atoms with van der Waals surface area (Å²) in [6.07, 6.45) is 0.373. The van der Waals surface area contributed by atoms with Gasteiger partial charge in [0.25, 0.3) is 0 Å². The summed E-state index contributed by atoms with van der Waals surface area (Å²) in [6, 6.07) is 13.1. The van der Waals surface area contributed by atoms with Gasteiger partial charge in [-0.3, -0.25) is 9.59 Å². The van der Waals surface area contributed by atoms with Crippen molar-refractivity contribution in [1.29, 1.82) is 0 Å². The Balaban J connectivity index is 1.92. The van der Waals surface area contributed by atoms with Gasteiger partial charge in [-0.2, -0.15) is 0 Å². The van der Waals surface area contributed by atoms with Crippen LogP contribution in [-0.2, 0) is 4.79 Å². The Morgan fingerprint density at radius 2 is 1.64 bits per heavy atom. The van der Waals surface area contributed by atoms with Crippen LogP contribution in [0.25, 0.3) is 0 Å². The monoisotopic (exact) mass is 339 g/mol. The summed E-state index contributed by atoms with van der Waals surface area (Å²) in [4.78, 5) is 24.4. The van der Waals surface area contributed by atoms with Crippen molar-refractivity contribution in [3.05, 3.63) is 64.7 Å². The summed E-state index contributed by atoms with van der Waals surface area (Å²) in [5.41, 5.74) is 3.79. The number of aryl methyl sites for hydroxylation is 2. The molecule has 0 saturated carbocycles. The van der Waals surface area contributed by atoms with E-state index in [9.17, 15) is 9.59 Å². The van der Waals surface area contributed by atoms with Gasteiger partial charge in [-0.15, -0.1) is 0 Å². The summed E-state index contributed by atoms with van der Waals surface area (Å²) in [5, 5.41) is 2.94. The Hall–Kier alpha value is -2.62. The number of Topliss-reactive ketones (excluding diaryl/α,β-unsaturated/α-hetero) is 1. The summed E-state index contributed by atoms with van der Waals surface area (Å²) in [6.45, 7) is 5.89. The standard InChI is InChI=1S/C21H25NO3/c1-14-5-8-17(9-6-14)19(23)10-12-21(24)22-16(3)18-13-15(2)7-11-20(18)25-4/h5-9,11,13,16H,10,12H2,1-4H3,(H,22,24). The van der Waals surface area contributed by atoms with E-state index in [0.29, 0.717) is 5.56 Å². The normalized spacial score (nSPS) is 11.7. The Labute approximate surface area is 149 Å². The first-order valence-electron chi connectivity index (χ1n) is 8.44. The second-order valence-electron chi connectivity index (χ2n) is 6.32. The molecule has 0 aliphatic rings. The molecule has 132 valence electrons. The number of ketones is 1. The minimum absolute atomic E-state index is 0.0176. The molecule has 1 unspecified atom stereocenters. The number of carbonyl (C=O) groups is 2.